The third kappa shape index (κ3) is 2.51. The first-order valence-electron chi connectivity index (χ1n) is 6.57. The fraction of sp³-hybridized carbons (Fsp3) is 0.429. The predicted octanol–water partition coefficient (Wildman–Crippen LogP) is 2.11. The van der Waals surface area contributed by atoms with Gasteiger partial charge in [0.25, 0.3) is 0 Å². The maximum atomic E-state index is 6.15. The lowest BCUT2D eigenvalue weighted by molar-refractivity contribution is 0.352. The van der Waals surface area contributed by atoms with Gasteiger partial charge in [0.2, 0.25) is 0 Å². The topological polar surface area (TPSA) is 66.0 Å². The number of nitrogens with zero attached hydrogens (tertiary/aromatic N) is 3. The highest BCUT2D eigenvalue weighted by atomic mass is 35.5. The molecule has 0 radical (unpaired) electrons. The number of benzene rings is 1. The number of hydrogen-bond donors (Lipinski definition) is 1. The van der Waals surface area contributed by atoms with Crippen LogP contribution in [0.3, 0.4) is 0 Å². The summed E-state index contributed by atoms with van der Waals surface area (Å²) >= 11 is 6.15. The van der Waals surface area contributed by atoms with Gasteiger partial charge in [-0.15, -0.1) is 5.10 Å². The number of aromatic nitrogens is 3. The van der Waals surface area contributed by atoms with Crippen molar-refractivity contribution in [3.63, 3.8) is 0 Å². The van der Waals surface area contributed by atoms with Gasteiger partial charge in [0.05, 0.1) is 24.9 Å². The van der Waals surface area contributed by atoms with Crippen molar-refractivity contribution in [1.82, 2.24) is 15.0 Å². The van der Waals surface area contributed by atoms with Crippen molar-refractivity contribution in [3.8, 4) is 5.75 Å². The summed E-state index contributed by atoms with van der Waals surface area (Å²) in [6, 6.07) is 3.88. The number of nitrogens with two attached hydrogens (primary N) is 1. The van der Waals surface area contributed by atoms with Gasteiger partial charge in [-0.2, -0.15) is 0 Å². The van der Waals surface area contributed by atoms with E-state index in [9.17, 15) is 0 Å². The summed E-state index contributed by atoms with van der Waals surface area (Å²) in [7, 11) is 0. The molecule has 2 N–H and O–H groups in total. The van der Waals surface area contributed by atoms with Gasteiger partial charge in [-0.3, -0.25) is 0 Å². The van der Waals surface area contributed by atoms with Gasteiger partial charge in [0.15, 0.2) is 0 Å². The highest BCUT2D eigenvalue weighted by Crippen LogP contribution is 2.33. The van der Waals surface area contributed by atoms with Crippen LogP contribution >= 0.6 is 11.6 Å². The summed E-state index contributed by atoms with van der Waals surface area (Å²) in [6.45, 7) is 5.09. The third-order valence-corrected chi connectivity index (χ3v) is 3.57. The molecule has 6 heteroatoms. The Morgan fingerprint density at radius 3 is 2.95 bits per heavy atom. The molecule has 0 saturated carbocycles. The smallest absolute Gasteiger partial charge is 0.127 e. The van der Waals surface area contributed by atoms with Crippen molar-refractivity contribution in [1.29, 1.82) is 0 Å². The number of hydrogen-bond acceptors (Lipinski definition) is 4. The van der Waals surface area contributed by atoms with E-state index >= 15 is 0 Å². The number of fused-ring (bicyclic) bond motifs is 1. The Hall–Kier alpha value is -1.59. The van der Waals surface area contributed by atoms with Crippen molar-refractivity contribution in [2.75, 3.05) is 6.61 Å². The molecule has 2 aromatic rings. The molecule has 0 atom stereocenters. The van der Waals surface area contributed by atoms with Gasteiger partial charge in [0.1, 0.15) is 11.4 Å². The molecule has 2 heterocycles. The van der Waals surface area contributed by atoms with E-state index in [4.69, 9.17) is 22.1 Å². The van der Waals surface area contributed by atoms with Crippen LogP contribution in [0, 0.1) is 0 Å². The van der Waals surface area contributed by atoms with E-state index in [0.29, 0.717) is 13.2 Å². The maximum absolute atomic E-state index is 6.15. The molecule has 3 rings (SSSR count). The van der Waals surface area contributed by atoms with Crippen molar-refractivity contribution < 1.29 is 4.74 Å². The fourth-order valence-corrected chi connectivity index (χ4v) is 2.57. The molecule has 1 aliphatic heterocycles. The average molecular weight is 293 g/mol. The number of ether oxygens (including phenoxy) is 1. The first kappa shape index (κ1) is 13.4. The Morgan fingerprint density at radius 2 is 2.25 bits per heavy atom. The molecule has 1 aromatic heterocycles. The normalized spacial score (nSPS) is 14.2. The third-order valence-electron chi connectivity index (χ3n) is 3.36. The Morgan fingerprint density at radius 1 is 1.45 bits per heavy atom. The molecule has 106 valence electrons. The molecule has 0 fully saturated rings. The maximum Gasteiger partial charge on any atom is 0.127 e. The Kier molecular flexibility index (Phi) is 3.18. The van der Waals surface area contributed by atoms with Crippen LogP contribution in [0.2, 0.25) is 5.02 Å². The molecule has 0 bridgehead atoms. The molecule has 20 heavy (non-hydrogen) atoms. The van der Waals surface area contributed by atoms with Crippen LogP contribution < -0.4 is 10.5 Å². The molecule has 0 unspecified atom stereocenters. The molecular formula is C14H17ClN4O. The highest BCUT2D eigenvalue weighted by Gasteiger charge is 2.21. The van der Waals surface area contributed by atoms with E-state index in [0.717, 1.165) is 34.0 Å². The van der Waals surface area contributed by atoms with Crippen molar-refractivity contribution in [2.24, 2.45) is 5.73 Å². The number of halogens is 1. The Labute approximate surface area is 122 Å². The van der Waals surface area contributed by atoms with Gasteiger partial charge >= 0.3 is 0 Å². The molecule has 5 nitrogen and oxygen atoms in total. The average Bonchev–Trinajstić information content (AvgIpc) is 2.95. The fourth-order valence-electron chi connectivity index (χ4n) is 2.31. The van der Waals surface area contributed by atoms with Crippen LogP contribution in [0.15, 0.2) is 18.3 Å². The van der Waals surface area contributed by atoms with E-state index in [1.807, 2.05) is 32.2 Å². The van der Waals surface area contributed by atoms with Gasteiger partial charge in [-0.25, -0.2) is 4.68 Å². The SMILES string of the molecule is CC(C)(N)c1cn(Cc2cc(Cl)cc3c2OCC3)nn1. The molecule has 0 saturated heterocycles. The first-order chi connectivity index (χ1) is 9.43. The minimum absolute atomic E-state index is 0.495. The second kappa shape index (κ2) is 4.75. The number of rotatable bonds is 3. The van der Waals surface area contributed by atoms with Crippen LogP contribution in [-0.4, -0.2) is 21.6 Å². The summed E-state index contributed by atoms with van der Waals surface area (Å²) in [6.07, 6.45) is 2.77. The minimum atomic E-state index is -0.495. The summed E-state index contributed by atoms with van der Waals surface area (Å²) < 4.78 is 7.45. The molecule has 0 aliphatic carbocycles. The first-order valence-corrected chi connectivity index (χ1v) is 6.95. The Bertz CT molecular complexity index is 645. The van der Waals surface area contributed by atoms with Crippen LogP contribution in [0.5, 0.6) is 5.75 Å². The molecule has 0 amide bonds. The summed E-state index contributed by atoms with van der Waals surface area (Å²) in [4.78, 5) is 0. The molecule has 0 spiro atoms. The van der Waals surface area contributed by atoms with E-state index in [1.54, 1.807) is 4.68 Å². The largest absolute Gasteiger partial charge is 0.493 e. The van der Waals surface area contributed by atoms with Crippen LogP contribution in [-0.2, 0) is 18.5 Å². The van der Waals surface area contributed by atoms with Crippen LogP contribution in [0.1, 0.15) is 30.7 Å². The van der Waals surface area contributed by atoms with Crippen molar-refractivity contribution >= 4 is 11.6 Å². The minimum Gasteiger partial charge on any atom is -0.493 e. The molecule has 1 aromatic carbocycles. The second-order valence-corrected chi connectivity index (χ2v) is 6.11. The summed E-state index contributed by atoms with van der Waals surface area (Å²) in [5.74, 6) is 0.929. The molecule has 1 aliphatic rings. The zero-order valence-corrected chi connectivity index (χ0v) is 12.3. The monoisotopic (exact) mass is 292 g/mol. The van der Waals surface area contributed by atoms with Gasteiger partial charge in [-0.1, -0.05) is 16.8 Å². The standard InChI is InChI=1S/C14H17ClN4O/c1-14(2,16)12-8-19(18-17-12)7-10-6-11(15)5-9-3-4-20-13(9)10/h5-6,8H,3-4,7,16H2,1-2H3. The van der Waals surface area contributed by atoms with E-state index in [-0.39, 0.29) is 0 Å². The second-order valence-electron chi connectivity index (χ2n) is 5.67. The van der Waals surface area contributed by atoms with Gasteiger partial charge < -0.3 is 10.5 Å². The zero-order valence-electron chi connectivity index (χ0n) is 11.6. The lowest BCUT2D eigenvalue weighted by Gasteiger charge is -2.13. The predicted molar refractivity (Wildman–Crippen MR) is 77.0 cm³/mol. The van der Waals surface area contributed by atoms with Crippen molar-refractivity contribution in [2.45, 2.75) is 32.4 Å². The lowest BCUT2D eigenvalue weighted by Crippen LogP contribution is -2.29. The summed E-state index contributed by atoms with van der Waals surface area (Å²) in [5.41, 5.74) is 8.47. The van der Waals surface area contributed by atoms with Crippen LogP contribution in [0.25, 0.3) is 0 Å². The van der Waals surface area contributed by atoms with Gasteiger partial charge in [0, 0.05) is 17.0 Å². The van der Waals surface area contributed by atoms with Gasteiger partial charge in [-0.05, 0) is 31.5 Å². The van der Waals surface area contributed by atoms with E-state index in [2.05, 4.69) is 10.3 Å². The Balaban J connectivity index is 1.90. The highest BCUT2D eigenvalue weighted by molar-refractivity contribution is 6.30. The molecular weight excluding hydrogens is 276 g/mol. The van der Waals surface area contributed by atoms with Crippen LogP contribution in [0.4, 0.5) is 0 Å². The summed E-state index contributed by atoms with van der Waals surface area (Å²) in [5, 5.41) is 8.96. The quantitative estimate of drug-likeness (QED) is 0.941. The zero-order chi connectivity index (χ0) is 14.3. The van der Waals surface area contributed by atoms with E-state index in [1.165, 1.54) is 0 Å². The van der Waals surface area contributed by atoms with Crippen molar-refractivity contribution in [3.05, 3.63) is 40.2 Å². The lowest BCUT2D eigenvalue weighted by atomic mass is 10.0. The van der Waals surface area contributed by atoms with E-state index < -0.39 is 5.54 Å².